The molecule has 220 valence electrons. The molecule has 3 aromatic rings. The Labute approximate surface area is 228 Å². The van der Waals surface area contributed by atoms with E-state index in [4.69, 9.17) is 29.1 Å². The molecule has 3 aromatic heterocycles. The molecule has 0 spiro atoms. The van der Waals surface area contributed by atoms with Crippen LogP contribution in [0.5, 0.6) is 5.88 Å². The maximum absolute atomic E-state index is 13.0. The second kappa shape index (κ2) is 11.9. The maximum atomic E-state index is 13.0. The first-order chi connectivity index (χ1) is 19.0. The van der Waals surface area contributed by atoms with Crippen LogP contribution in [-0.4, -0.2) is 92.0 Å². The molecule has 1 saturated heterocycles. The number of aliphatic hydroxyl groups excluding tert-OH is 2. The number of nitrogens with two attached hydrogens (primary N) is 1. The van der Waals surface area contributed by atoms with E-state index in [1.807, 2.05) is 0 Å². The van der Waals surface area contributed by atoms with Gasteiger partial charge in [-0.15, -0.1) is 4.37 Å². The van der Waals surface area contributed by atoms with E-state index >= 15 is 0 Å². The van der Waals surface area contributed by atoms with Crippen molar-refractivity contribution in [1.82, 2.24) is 28.3 Å². The standard InChI is InChI=1S/C18H25N7O12P2S/c19-18-22-15-12(16(28)23-18)20-6-25(15)17-14(13(27)10(36-17)5-33-38(29)30)37-39(31,32)34-4-7-1-8(2-9(7)26)35-11-3-21-40-24-11/h3,6-10,13-14,17,26-27,38H,1-2,4-5H2,(H,29,30)(H,31,32)(H3,19,22,23,28)/t7-,8-,9+,10-,13-,14-,17-/m1/s1. The fraction of sp³-hybridized carbons (Fsp3) is 0.611. The number of H-pyrrole nitrogens is 1. The van der Waals surface area contributed by atoms with Gasteiger partial charge in [0.2, 0.25) is 11.8 Å². The second-order valence-corrected chi connectivity index (χ2v) is 11.8. The van der Waals surface area contributed by atoms with Crippen LogP contribution in [0, 0.1) is 5.92 Å². The Hall–Kier alpha value is -2.35. The summed E-state index contributed by atoms with van der Waals surface area (Å²) in [6.45, 7) is -0.964. The monoisotopic (exact) mass is 625 g/mol. The van der Waals surface area contributed by atoms with E-state index in [1.165, 1.54) is 6.20 Å². The van der Waals surface area contributed by atoms with Gasteiger partial charge in [-0.1, -0.05) is 0 Å². The molecule has 0 amide bonds. The van der Waals surface area contributed by atoms with Crippen molar-refractivity contribution in [1.29, 1.82) is 0 Å². The number of hydrogen-bond donors (Lipinski definition) is 6. The van der Waals surface area contributed by atoms with Gasteiger partial charge in [-0.25, -0.2) is 9.55 Å². The lowest BCUT2D eigenvalue weighted by molar-refractivity contribution is -0.0486. The van der Waals surface area contributed by atoms with Crippen molar-refractivity contribution >= 4 is 44.9 Å². The molecule has 2 unspecified atom stereocenters. The second-order valence-electron chi connectivity index (χ2n) is 9.03. The molecule has 1 aliphatic carbocycles. The van der Waals surface area contributed by atoms with Crippen molar-refractivity contribution < 1.29 is 52.2 Å². The molecule has 1 saturated carbocycles. The molecule has 4 heterocycles. The highest BCUT2D eigenvalue weighted by atomic mass is 32.1. The largest absolute Gasteiger partial charge is 0.473 e. The smallest absolute Gasteiger partial charge is 0.472 e. The van der Waals surface area contributed by atoms with Crippen LogP contribution < -0.4 is 16.0 Å². The summed E-state index contributed by atoms with van der Waals surface area (Å²) in [6.07, 6.45) is -4.27. The molecule has 2 fully saturated rings. The Morgan fingerprint density at radius 1 is 1.32 bits per heavy atom. The van der Waals surface area contributed by atoms with Crippen LogP contribution in [-0.2, 0) is 27.4 Å². The molecule has 9 atom stereocenters. The number of aromatic nitrogens is 6. The lowest BCUT2D eigenvalue weighted by Crippen LogP contribution is -2.35. The number of aliphatic hydroxyl groups is 2. The molecular formula is C18H25N7O12P2S. The Balaban J connectivity index is 1.31. The number of phosphoric acid groups is 1. The highest BCUT2D eigenvalue weighted by molar-refractivity contribution is 7.47. The van der Waals surface area contributed by atoms with Gasteiger partial charge in [0.1, 0.15) is 30.6 Å². The van der Waals surface area contributed by atoms with Gasteiger partial charge in [0.15, 0.2) is 17.4 Å². The normalized spacial score (nSPS) is 30.9. The Morgan fingerprint density at radius 3 is 2.85 bits per heavy atom. The third-order valence-electron chi connectivity index (χ3n) is 6.36. The van der Waals surface area contributed by atoms with Crippen molar-refractivity contribution in [3.63, 3.8) is 0 Å². The van der Waals surface area contributed by atoms with Crippen LogP contribution in [0.25, 0.3) is 11.2 Å². The van der Waals surface area contributed by atoms with E-state index < -0.39 is 70.9 Å². The van der Waals surface area contributed by atoms with E-state index in [9.17, 15) is 29.0 Å². The molecular weight excluding hydrogens is 600 g/mol. The predicted molar refractivity (Wildman–Crippen MR) is 133 cm³/mol. The molecule has 7 N–H and O–H groups in total. The summed E-state index contributed by atoms with van der Waals surface area (Å²) in [5.41, 5.74) is 4.73. The highest BCUT2D eigenvalue weighted by Crippen LogP contribution is 2.50. The molecule has 19 nitrogen and oxygen atoms in total. The van der Waals surface area contributed by atoms with Gasteiger partial charge in [-0.3, -0.25) is 28.0 Å². The number of ether oxygens (including phenoxy) is 2. The van der Waals surface area contributed by atoms with Crippen LogP contribution >= 0.6 is 27.8 Å². The fourth-order valence-electron chi connectivity index (χ4n) is 4.56. The summed E-state index contributed by atoms with van der Waals surface area (Å²) in [5, 5.41) is 21.2. The minimum atomic E-state index is -4.92. The molecule has 40 heavy (non-hydrogen) atoms. The van der Waals surface area contributed by atoms with Gasteiger partial charge in [0, 0.05) is 12.3 Å². The zero-order valence-corrected chi connectivity index (χ0v) is 23.0. The SMILES string of the molecule is Nc1nc2c(ncn2[C@@H]2O[C@H](CO[PH](=O)O)[C@@H](O)[C@H]2OP(=O)(O)OC[C@H]2C[C@@H](Oc3cnsn3)C[C@@H]2O)c(=O)[nH]1. The summed E-state index contributed by atoms with van der Waals surface area (Å²) < 4.78 is 59.4. The van der Waals surface area contributed by atoms with Gasteiger partial charge < -0.3 is 39.7 Å². The number of nitrogens with one attached hydrogen (secondary N) is 1. The lowest BCUT2D eigenvalue weighted by Gasteiger charge is -2.25. The Kier molecular flexibility index (Phi) is 8.65. The lowest BCUT2D eigenvalue weighted by atomic mass is 10.1. The van der Waals surface area contributed by atoms with Gasteiger partial charge in [-0.2, -0.15) is 9.36 Å². The molecule has 0 bridgehead atoms. The molecule has 2 aliphatic rings. The summed E-state index contributed by atoms with van der Waals surface area (Å²) in [7, 11) is -8.32. The summed E-state index contributed by atoms with van der Waals surface area (Å²) in [4.78, 5) is 42.0. The zero-order chi connectivity index (χ0) is 28.6. The average Bonchev–Trinajstić information content (AvgIpc) is 3.66. The molecule has 1 aliphatic heterocycles. The number of fused-ring (bicyclic) bond motifs is 1. The van der Waals surface area contributed by atoms with Crippen LogP contribution in [0.2, 0.25) is 0 Å². The van der Waals surface area contributed by atoms with Gasteiger partial charge in [-0.05, 0) is 6.42 Å². The predicted octanol–water partition coefficient (Wildman–Crippen LogP) is -1.07. The number of hydrogen-bond acceptors (Lipinski definition) is 16. The van der Waals surface area contributed by atoms with Crippen LogP contribution in [0.3, 0.4) is 0 Å². The molecule has 22 heteroatoms. The number of rotatable bonds is 11. The van der Waals surface area contributed by atoms with E-state index in [0.29, 0.717) is 12.3 Å². The molecule has 0 radical (unpaired) electrons. The first-order valence-corrected chi connectivity index (χ1v) is 15.2. The third-order valence-corrected chi connectivity index (χ3v) is 8.22. The number of nitrogen functional groups attached to an aromatic ring is 1. The van der Waals surface area contributed by atoms with Crippen LogP contribution in [0.4, 0.5) is 5.95 Å². The van der Waals surface area contributed by atoms with E-state index in [1.54, 1.807) is 0 Å². The Morgan fingerprint density at radius 2 is 2.12 bits per heavy atom. The van der Waals surface area contributed by atoms with Crippen molar-refractivity contribution in [3.8, 4) is 5.88 Å². The molecule has 5 rings (SSSR count). The quantitative estimate of drug-likeness (QED) is 0.138. The maximum Gasteiger partial charge on any atom is 0.472 e. The van der Waals surface area contributed by atoms with Crippen LogP contribution in [0.15, 0.2) is 17.3 Å². The number of anilines is 1. The van der Waals surface area contributed by atoms with Crippen LogP contribution in [0.1, 0.15) is 19.1 Å². The number of imidazole rings is 1. The molecule has 0 aromatic carbocycles. The summed E-state index contributed by atoms with van der Waals surface area (Å²) in [5.74, 6) is -0.536. The minimum absolute atomic E-state index is 0.0894. The van der Waals surface area contributed by atoms with Gasteiger partial charge in [0.25, 0.3) is 5.56 Å². The minimum Gasteiger partial charge on any atom is -0.473 e. The van der Waals surface area contributed by atoms with Crippen molar-refractivity contribution in [2.45, 2.75) is 49.6 Å². The average molecular weight is 625 g/mol. The Bertz CT molecular complexity index is 1460. The first-order valence-electron chi connectivity index (χ1n) is 11.7. The summed E-state index contributed by atoms with van der Waals surface area (Å²) >= 11 is 0.962. The van der Waals surface area contributed by atoms with Crippen molar-refractivity contribution in [2.24, 2.45) is 5.92 Å². The third kappa shape index (κ3) is 6.42. The zero-order valence-electron chi connectivity index (χ0n) is 20.2. The van der Waals surface area contributed by atoms with Crippen molar-refractivity contribution in [2.75, 3.05) is 18.9 Å². The van der Waals surface area contributed by atoms with E-state index in [0.717, 1.165) is 22.6 Å². The number of aromatic amines is 1. The van der Waals surface area contributed by atoms with Gasteiger partial charge >= 0.3 is 16.1 Å². The number of nitrogens with zero attached hydrogens (tertiary/aromatic N) is 5. The van der Waals surface area contributed by atoms with Crippen molar-refractivity contribution in [3.05, 3.63) is 22.9 Å². The van der Waals surface area contributed by atoms with E-state index in [-0.39, 0.29) is 30.1 Å². The first kappa shape index (κ1) is 29.2. The van der Waals surface area contributed by atoms with Gasteiger partial charge in [0.05, 0.1) is 37.4 Å². The highest BCUT2D eigenvalue weighted by Gasteiger charge is 2.50. The number of phosphoric ester groups is 1. The topological polar surface area (TPSA) is 277 Å². The van der Waals surface area contributed by atoms with E-state index in [2.05, 4.69) is 28.2 Å². The fourth-order valence-corrected chi connectivity index (χ4v) is 6.20. The summed E-state index contributed by atoms with van der Waals surface area (Å²) in [6, 6.07) is 0.